The van der Waals surface area contributed by atoms with Crippen molar-refractivity contribution in [3.8, 4) is 5.82 Å². The van der Waals surface area contributed by atoms with Gasteiger partial charge in [-0.25, -0.2) is 17.8 Å². The van der Waals surface area contributed by atoms with Crippen molar-refractivity contribution in [1.29, 1.82) is 0 Å². The van der Waals surface area contributed by atoms with Gasteiger partial charge >= 0.3 is 0 Å². The maximum absolute atomic E-state index is 12.7. The molecule has 1 aliphatic heterocycles. The van der Waals surface area contributed by atoms with Gasteiger partial charge in [-0.2, -0.15) is 9.40 Å². The molecular formula is C22H26N6O5S. The first-order valence-corrected chi connectivity index (χ1v) is 12.3. The lowest BCUT2D eigenvalue weighted by molar-refractivity contribution is 0.0730. The normalized spacial score (nSPS) is 14.8. The minimum Gasteiger partial charge on any atom is -0.379 e. The summed E-state index contributed by atoms with van der Waals surface area (Å²) in [5.74, 6) is 0.131. The summed E-state index contributed by atoms with van der Waals surface area (Å²) in [6, 6.07) is 10.7. The maximum atomic E-state index is 12.7. The first-order chi connectivity index (χ1) is 16.3. The number of benzene rings is 1. The minimum absolute atomic E-state index is 0.127. The highest BCUT2D eigenvalue weighted by Crippen LogP contribution is 2.17. The smallest absolute Gasteiger partial charge is 0.266 e. The lowest BCUT2D eigenvalue weighted by Gasteiger charge is -2.26. The van der Waals surface area contributed by atoms with E-state index in [1.165, 1.54) is 39.3 Å². The molecule has 1 fully saturated rings. The van der Waals surface area contributed by atoms with Crippen molar-refractivity contribution in [3.63, 3.8) is 0 Å². The molecule has 3 heterocycles. The van der Waals surface area contributed by atoms with E-state index in [4.69, 9.17) is 4.74 Å². The SMILES string of the molecule is Cc1cc(C)n(-c2ccc(=O)n(CCNC(=O)c3ccc(S(=O)(=O)N4CCOCC4)cc3)n2)n1. The number of morpholine rings is 1. The number of aryl methyl sites for hydroxylation is 2. The molecule has 2 aromatic heterocycles. The average Bonchev–Trinajstić information content (AvgIpc) is 3.18. The van der Waals surface area contributed by atoms with Crippen LogP contribution in [0.2, 0.25) is 0 Å². The van der Waals surface area contributed by atoms with E-state index >= 15 is 0 Å². The molecule has 0 aliphatic carbocycles. The van der Waals surface area contributed by atoms with Crippen molar-refractivity contribution >= 4 is 15.9 Å². The second-order valence-electron chi connectivity index (χ2n) is 7.89. The summed E-state index contributed by atoms with van der Waals surface area (Å²) in [7, 11) is -3.62. The van der Waals surface area contributed by atoms with Gasteiger partial charge in [0.2, 0.25) is 10.0 Å². The lowest BCUT2D eigenvalue weighted by Crippen LogP contribution is -2.40. The van der Waals surface area contributed by atoms with Crippen LogP contribution in [0.5, 0.6) is 0 Å². The summed E-state index contributed by atoms with van der Waals surface area (Å²) in [6.07, 6.45) is 0. The molecule has 4 rings (SSSR count). The molecule has 1 amide bonds. The molecule has 0 spiro atoms. The summed E-state index contributed by atoms with van der Waals surface area (Å²) < 4.78 is 34.9. The zero-order valence-corrected chi connectivity index (χ0v) is 19.8. The van der Waals surface area contributed by atoms with Crippen LogP contribution in [-0.4, -0.2) is 71.0 Å². The van der Waals surface area contributed by atoms with Crippen LogP contribution in [0.3, 0.4) is 0 Å². The highest BCUT2D eigenvalue weighted by Gasteiger charge is 2.26. The Bertz CT molecular complexity index is 1340. The molecule has 3 aromatic rings. The minimum atomic E-state index is -3.62. The summed E-state index contributed by atoms with van der Waals surface area (Å²) in [6.45, 7) is 5.44. The summed E-state index contributed by atoms with van der Waals surface area (Å²) in [5.41, 5.74) is 1.76. The number of carbonyl (C=O) groups excluding carboxylic acids is 1. The van der Waals surface area contributed by atoms with Gasteiger partial charge in [-0.15, -0.1) is 5.10 Å². The quantitative estimate of drug-likeness (QED) is 0.515. The number of aromatic nitrogens is 4. The Morgan fingerprint density at radius 2 is 1.76 bits per heavy atom. The number of rotatable bonds is 7. The third-order valence-corrected chi connectivity index (χ3v) is 7.33. The second-order valence-corrected chi connectivity index (χ2v) is 9.83. The van der Waals surface area contributed by atoms with Crippen molar-refractivity contribution in [1.82, 2.24) is 29.2 Å². The van der Waals surface area contributed by atoms with Crippen LogP contribution in [0.15, 0.2) is 52.2 Å². The van der Waals surface area contributed by atoms with Crippen LogP contribution in [0, 0.1) is 13.8 Å². The summed E-state index contributed by atoms with van der Waals surface area (Å²) in [4.78, 5) is 24.8. The fourth-order valence-electron chi connectivity index (χ4n) is 3.66. The van der Waals surface area contributed by atoms with Gasteiger partial charge in [0.1, 0.15) is 0 Å². The molecule has 180 valence electrons. The van der Waals surface area contributed by atoms with Crippen LogP contribution in [0.25, 0.3) is 5.82 Å². The molecule has 0 atom stereocenters. The number of carbonyl (C=O) groups is 1. The van der Waals surface area contributed by atoms with Crippen LogP contribution >= 0.6 is 0 Å². The van der Waals surface area contributed by atoms with E-state index in [-0.39, 0.29) is 29.5 Å². The number of sulfonamides is 1. The molecule has 1 saturated heterocycles. The standard InChI is InChI=1S/C22H26N6O5S/c1-16-15-17(2)28(24-16)20-7-8-21(29)27(25-20)10-9-23-22(30)18-3-5-19(6-4-18)34(31,32)26-11-13-33-14-12-26/h3-8,15H,9-14H2,1-2H3,(H,23,30). The van der Waals surface area contributed by atoms with Crippen molar-refractivity contribution in [3.05, 3.63) is 69.8 Å². The van der Waals surface area contributed by atoms with Gasteiger partial charge in [0.25, 0.3) is 11.5 Å². The van der Waals surface area contributed by atoms with Gasteiger partial charge in [-0.3, -0.25) is 9.59 Å². The molecule has 12 heteroatoms. The van der Waals surface area contributed by atoms with E-state index in [0.717, 1.165) is 11.4 Å². The molecular weight excluding hydrogens is 460 g/mol. The molecule has 11 nitrogen and oxygen atoms in total. The van der Waals surface area contributed by atoms with E-state index < -0.39 is 10.0 Å². The highest BCUT2D eigenvalue weighted by atomic mass is 32.2. The molecule has 1 N–H and O–H groups in total. The Morgan fingerprint density at radius 1 is 1.06 bits per heavy atom. The first kappa shape index (κ1) is 23.8. The van der Waals surface area contributed by atoms with E-state index in [9.17, 15) is 18.0 Å². The van der Waals surface area contributed by atoms with Crippen LogP contribution < -0.4 is 10.9 Å². The maximum Gasteiger partial charge on any atom is 0.266 e. The molecule has 0 unspecified atom stereocenters. The fourth-order valence-corrected chi connectivity index (χ4v) is 5.07. The van der Waals surface area contributed by atoms with E-state index in [1.54, 1.807) is 10.7 Å². The van der Waals surface area contributed by atoms with Gasteiger partial charge in [0, 0.05) is 37.0 Å². The number of hydrogen-bond acceptors (Lipinski definition) is 7. The Labute approximate surface area is 197 Å². The summed E-state index contributed by atoms with van der Waals surface area (Å²) >= 11 is 0. The molecule has 1 aromatic carbocycles. The van der Waals surface area contributed by atoms with Crippen molar-refractivity contribution in [2.75, 3.05) is 32.8 Å². The Hall–Kier alpha value is -3.35. The van der Waals surface area contributed by atoms with Gasteiger partial charge in [0.05, 0.1) is 30.3 Å². The van der Waals surface area contributed by atoms with E-state index in [2.05, 4.69) is 15.5 Å². The Morgan fingerprint density at radius 3 is 2.41 bits per heavy atom. The Balaban J connectivity index is 1.38. The number of nitrogens with one attached hydrogen (secondary N) is 1. The zero-order chi connectivity index (χ0) is 24.3. The fraction of sp³-hybridized carbons (Fsp3) is 0.364. The molecule has 0 saturated carbocycles. The third kappa shape index (κ3) is 5.08. The molecule has 1 aliphatic rings. The zero-order valence-electron chi connectivity index (χ0n) is 19.0. The van der Waals surface area contributed by atoms with Crippen molar-refractivity contribution in [2.24, 2.45) is 0 Å². The topological polar surface area (TPSA) is 128 Å². The largest absolute Gasteiger partial charge is 0.379 e. The van der Waals surface area contributed by atoms with Gasteiger partial charge in [0.15, 0.2) is 5.82 Å². The third-order valence-electron chi connectivity index (χ3n) is 5.41. The molecule has 34 heavy (non-hydrogen) atoms. The van der Waals surface area contributed by atoms with Crippen LogP contribution in [0.1, 0.15) is 21.7 Å². The number of hydrogen-bond donors (Lipinski definition) is 1. The Kier molecular flexibility index (Phi) is 6.91. The molecule has 0 bridgehead atoms. The van der Waals surface area contributed by atoms with Crippen molar-refractivity contribution in [2.45, 2.75) is 25.3 Å². The molecule has 0 radical (unpaired) electrons. The predicted octanol–water partition coefficient (Wildman–Crippen LogP) is 0.497. The predicted molar refractivity (Wildman–Crippen MR) is 123 cm³/mol. The monoisotopic (exact) mass is 486 g/mol. The van der Waals surface area contributed by atoms with Gasteiger partial charge in [-0.05, 0) is 50.2 Å². The number of ether oxygens (including phenoxy) is 1. The number of nitrogens with zero attached hydrogens (tertiary/aromatic N) is 5. The van der Waals surface area contributed by atoms with E-state index in [1.807, 2.05) is 19.9 Å². The van der Waals surface area contributed by atoms with E-state index in [0.29, 0.717) is 37.7 Å². The lowest BCUT2D eigenvalue weighted by atomic mass is 10.2. The van der Waals surface area contributed by atoms with Gasteiger partial charge < -0.3 is 10.1 Å². The van der Waals surface area contributed by atoms with Crippen LogP contribution in [-0.2, 0) is 21.3 Å². The van der Waals surface area contributed by atoms with Crippen molar-refractivity contribution < 1.29 is 17.9 Å². The second kappa shape index (κ2) is 9.87. The first-order valence-electron chi connectivity index (χ1n) is 10.8. The average molecular weight is 487 g/mol. The summed E-state index contributed by atoms with van der Waals surface area (Å²) in [5, 5.41) is 11.4. The highest BCUT2D eigenvalue weighted by molar-refractivity contribution is 7.89. The number of amides is 1. The van der Waals surface area contributed by atoms with Gasteiger partial charge in [-0.1, -0.05) is 0 Å². The van der Waals surface area contributed by atoms with Crippen LogP contribution in [0.4, 0.5) is 0 Å².